The van der Waals surface area contributed by atoms with Gasteiger partial charge in [0.05, 0.1) is 26.4 Å². The molecule has 2 aromatic carbocycles. The standard InChI is InChI=1S/C23H15Cl4N3O2S/c1-11-8-13(12(2)29(11)19-10-14(24)6-7-16(19)25)9-15-21(31)28-23(33)30(22(15)32)18-5-3-4-17(26)20(18)27/h3-10H,1-2H3,(H,28,31,33)/b15-9+. The van der Waals surface area contributed by atoms with Crippen molar-refractivity contribution in [2.24, 2.45) is 0 Å². The lowest BCUT2D eigenvalue weighted by molar-refractivity contribution is -0.122. The van der Waals surface area contributed by atoms with Gasteiger partial charge in [-0.05, 0) is 74.1 Å². The van der Waals surface area contributed by atoms with E-state index in [1.807, 2.05) is 24.5 Å². The number of amides is 2. The van der Waals surface area contributed by atoms with Gasteiger partial charge in [0.15, 0.2) is 5.11 Å². The van der Waals surface area contributed by atoms with E-state index in [4.69, 9.17) is 58.6 Å². The molecule has 0 bridgehead atoms. The number of carbonyl (C=O) groups is 2. The number of rotatable bonds is 3. The van der Waals surface area contributed by atoms with Gasteiger partial charge in [-0.3, -0.25) is 19.8 Å². The third-order valence-corrected chi connectivity index (χ3v) is 6.84. The first-order chi connectivity index (χ1) is 15.6. The minimum atomic E-state index is -0.612. The zero-order chi connectivity index (χ0) is 24.0. The van der Waals surface area contributed by atoms with Crippen LogP contribution in [0, 0.1) is 13.8 Å². The van der Waals surface area contributed by atoms with Crippen LogP contribution < -0.4 is 10.2 Å². The van der Waals surface area contributed by atoms with E-state index in [1.54, 1.807) is 36.4 Å². The lowest BCUT2D eigenvalue weighted by Crippen LogP contribution is -2.54. The van der Waals surface area contributed by atoms with Crippen LogP contribution in [0.1, 0.15) is 17.0 Å². The highest BCUT2D eigenvalue weighted by Crippen LogP contribution is 2.35. The van der Waals surface area contributed by atoms with Crippen molar-refractivity contribution in [1.82, 2.24) is 9.88 Å². The lowest BCUT2D eigenvalue weighted by Gasteiger charge is -2.29. The van der Waals surface area contributed by atoms with Crippen molar-refractivity contribution in [3.63, 3.8) is 0 Å². The Morgan fingerprint density at radius 3 is 2.39 bits per heavy atom. The maximum absolute atomic E-state index is 13.3. The van der Waals surface area contributed by atoms with Crippen molar-refractivity contribution in [3.8, 4) is 5.69 Å². The summed E-state index contributed by atoms with van der Waals surface area (Å²) in [7, 11) is 0. The molecule has 0 aliphatic carbocycles. The summed E-state index contributed by atoms with van der Waals surface area (Å²) in [6.45, 7) is 3.75. The molecule has 1 aliphatic rings. The Morgan fingerprint density at radius 2 is 1.67 bits per heavy atom. The third kappa shape index (κ3) is 4.29. The van der Waals surface area contributed by atoms with Crippen LogP contribution in [0.4, 0.5) is 5.69 Å². The fourth-order valence-electron chi connectivity index (χ4n) is 3.66. The van der Waals surface area contributed by atoms with Gasteiger partial charge >= 0.3 is 0 Å². The molecular weight excluding hydrogens is 524 g/mol. The fourth-order valence-corrected chi connectivity index (χ4v) is 4.68. The molecule has 5 nitrogen and oxygen atoms in total. The summed E-state index contributed by atoms with van der Waals surface area (Å²) < 4.78 is 1.90. The van der Waals surface area contributed by atoms with E-state index in [0.717, 1.165) is 16.3 Å². The number of carbonyl (C=O) groups excluding carboxylic acids is 2. The van der Waals surface area contributed by atoms with E-state index in [9.17, 15) is 9.59 Å². The van der Waals surface area contributed by atoms with E-state index in [1.165, 1.54) is 6.08 Å². The number of benzene rings is 2. The summed E-state index contributed by atoms with van der Waals surface area (Å²) in [5, 5.41) is 3.92. The van der Waals surface area contributed by atoms with Crippen LogP contribution >= 0.6 is 58.6 Å². The Kier molecular flexibility index (Phi) is 6.58. The molecule has 0 spiro atoms. The normalized spacial score (nSPS) is 15.4. The highest BCUT2D eigenvalue weighted by molar-refractivity contribution is 7.80. The number of halogens is 4. The average Bonchev–Trinajstić information content (AvgIpc) is 3.03. The number of thiocarbonyl (C=S) groups is 1. The fraction of sp³-hybridized carbons (Fsp3) is 0.0870. The summed E-state index contributed by atoms with van der Waals surface area (Å²) in [4.78, 5) is 27.2. The molecule has 1 N–H and O–H groups in total. The topological polar surface area (TPSA) is 54.3 Å². The van der Waals surface area contributed by atoms with Gasteiger partial charge in [0.2, 0.25) is 0 Å². The number of nitrogens with zero attached hydrogens (tertiary/aromatic N) is 2. The first-order valence-electron chi connectivity index (χ1n) is 9.60. The monoisotopic (exact) mass is 537 g/mol. The first kappa shape index (κ1) is 23.8. The van der Waals surface area contributed by atoms with E-state index in [0.29, 0.717) is 21.3 Å². The quantitative estimate of drug-likeness (QED) is 0.234. The van der Waals surface area contributed by atoms with Crippen LogP contribution in [0.25, 0.3) is 11.8 Å². The van der Waals surface area contributed by atoms with Gasteiger partial charge in [-0.15, -0.1) is 0 Å². The Labute approximate surface area is 215 Å². The molecular formula is C23H15Cl4N3O2S. The Morgan fingerprint density at radius 1 is 0.939 bits per heavy atom. The molecule has 0 saturated carbocycles. The maximum atomic E-state index is 13.3. The molecule has 33 heavy (non-hydrogen) atoms. The highest BCUT2D eigenvalue weighted by Gasteiger charge is 2.36. The number of anilines is 1. The molecule has 3 aromatic rings. The second-order valence-electron chi connectivity index (χ2n) is 7.29. The Bertz CT molecular complexity index is 1380. The number of hydrogen-bond donors (Lipinski definition) is 1. The summed E-state index contributed by atoms with van der Waals surface area (Å²) in [6.07, 6.45) is 1.52. The van der Waals surface area contributed by atoms with Crippen molar-refractivity contribution in [2.45, 2.75) is 13.8 Å². The van der Waals surface area contributed by atoms with Crippen LogP contribution in [-0.2, 0) is 9.59 Å². The van der Waals surface area contributed by atoms with Crippen molar-refractivity contribution in [1.29, 1.82) is 0 Å². The number of aryl methyl sites for hydroxylation is 1. The second-order valence-corrected chi connectivity index (χ2v) is 9.30. The zero-order valence-corrected chi connectivity index (χ0v) is 21.1. The SMILES string of the molecule is Cc1cc(/C=C2\C(=O)NC(=S)N(c3cccc(Cl)c3Cl)C2=O)c(C)n1-c1cc(Cl)ccc1Cl. The van der Waals surface area contributed by atoms with Crippen molar-refractivity contribution < 1.29 is 9.59 Å². The minimum absolute atomic E-state index is 0.0810. The van der Waals surface area contributed by atoms with Gasteiger partial charge in [-0.1, -0.05) is 52.5 Å². The molecule has 1 aliphatic heterocycles. The molecule has 2 amide bonds. The van der Waals surface area contributed by atoms with Gasteiger partial charge in [0, 0.05) is 16.4 Å². The molecule has 4 rings (SSSR count). The second kappa shape index (κ2) is 9.12. The average molecular weight is 539 g/mol. The van der Waals surface area contributed by atoms with Gasteiger partial charge in [-0.2, -0.15) is 0 Å². The van der Waals surface area contributed by atoms with E-state index >= 15 is 0 Å². The number of nitrogens with one attached hydrogen (secondary N) is 1. The molecule has 0 unspecified atom stereocenters. The molecule has 10 heteroatoms. The summed E-state index contributed by atoms with van der Waals surface area (Å²) in [6, 6.07) is 11.8. The predicted molar refractivity (Wildman–Crippen MR) is 138 cm³/mol. The van der Waals surface area contributed by atoms with Gasteiger partial charge < -0.3 is 4.57 Å². The van der Waals surface area contributed by atoms with Crippen LogP contribution in [0.3, 0.4) is 0 Å². The zero-order valence-electron chi connectivity index (χ0n) is 17.2. The molecule has 2 heterocycles. The summed E-state index contributed by atoms with van der Waals surface area (Å²) in [5.74, 6) is -1.22. The molecule has 0 atom stereocenters. The number of hydrogen-bond acceptors (Lipinski definition) is 3. The molecule has 168 valence electrons. The first-order valence-corrected chi connectivity index (χ1v) is 11.5. The summed E-state index contributed by atoms with van der Waals surface area (Å²) >= 11 is 30.2. The minimum Gasteiger partial charge on any atom is -0.316 e. The molecule has 1 aromatic heterocycles. The smallest absolute Gasteiger partial charge is 0.270 e. The highest BCUT2D eigenvalue weighted by atomic mass is 35.5. The van der Waals surface area contributed by atoms with Gasteiger partial charge in [-0.25, -0.2) is 0 Å². The van der Waals surface area contributed by atoms with Gasteiger partial charge in [0.1, 0.15) is 5.57 Å². The molecule has 0 radical (unpaired) electrons. The van der Waals surface area contributed by atoms with Gasteiger partial charge in [0.25, 0.3) is 11.8 Å². The Balaban J connectivity index is 1.81. The van der Waals surface area contributed by atoms with Crippen molar-refractivity contribution >= 4 is 87.3 Å². The van der Waals surface area contributed by atoms with Crippen LogP contribution in [0.5, 0.6) is 0 Å². The predicted octanol–water partition coefficient (Wildman–Crippen LogP) is 6.54. The van der Waals surface area contributed by atoms with Crippen molar-refractivity contribution in [2.75, 3.05) is 4.90 Å². The van der Waals surface area contributed by atoms with E-state index in [2.05, 4.69) is 5.32 Å². The van der Waals surface area contributed by atoms with E-state index in [-0.39, 0.29) is 26.4 Å². The molecule has 1 saturated heterocycles. The largest absolute Gasteiger partial charge is 0.316 e. The lowest BCUT2D eigenvalue weighted by atomic mass is 10.1. The number of aromatic nitrogens is 1. The van der Waals surface area contributed by atoms with Crippen LogP contribution in [-0.4, -0.2) is 21.5 Å². The maximum Gasteiger partial charge on any atom is 0.270 e. The van der Waals surface area contributed by atoms with Crippen molar-refractivity contribution in [3.05, 3.63) is 85.1 Å². The summed E-state index contributed by atoms with van der Waals surface area (Å²) in [5.41, 5.74) is 3.14. The Hall–Kier alpha value is -2.35. The third-order valence-electron chi connectivity index (χ3n) is 5.19. The molecule has 1 fully saturated rings. The van der Waals surface area contributed by atoms with E-state index < -0.39 is 11.8 Å². The van der Waals surface area contributed by atoms with Crippen LogP contribution in [0.15, 0.2) is 48.0 Å². The van der Waals surface area contributed by atoms with Crippen LogP contribution in [0.2, 0.25) is 20.1 Å².